The second-order valence-corrected chi connectivity index (χ2v) is 4.87. The lowest BCUT2D eigenvalue weighted by molar-refractivity contribution is 0.0698. The van der Waals surface area contributed by atoms with Crippen LogP contribution >= 0.6 is 0 Å². The van der Waals surface area contributed by atoms with Gasteiger partial charge in [-0.15, -0.1) is 0 Å². The Kier molecular flexibility index (Phi) is 5.42. The van der Waals surface area contributed by atoms with E-state index in [1.54, 1.807) is 14.2 Å². The Balaban J connectivity index is 2.26. The molecular weight excluding hydrogens is 272 g/mol. The fourth-order valence-electron chi connectivity index (χ4n) is 2.48. The van der Waals surface area contributed by atoms with Gasteiger partial charge in [0.25, 0.3) is 0 Å². The third kappa shape index (κ3) is 3.65. The number of hydrogen-bond donors (Lipinski definition) is 1. The minimum Gasteiger partial charge on any atom is -0.375 e. The smallest absolute Gasteiger partial charge is 0.129 e. The van der Waals surface area contributed by atoms with Crippen molar-refractivity contribution in [2.45, 2.75) is 18.6 Å². The average Bonchev–Trinajstić information content (AvgIpc) is 2.51. The summed E-state index contributed by atoms with van der Waals surface area (Å²) in [7, 11) is 3.36. The largest absolute Gasteiger partial charge is 0.375 e. The number of likely N-dealkylation sites (N-methyl/N-ethyl adjacent to an activating group) is 1. The predicted molar refractivity (Wildman–Crippen MR) is 79.1 cm³/mol. The van der Waals surface area contributed by atoms with Crippen LogP contribution in [0.25, 0.3) is 0 Å². The molecule has 2 aromatic rings. The quantitative estimate of drug-likeness (QED) is 0.879. The van der Waals surface area contributed by atoms with Gasteiger partial charge < -0.3 is 10.1 Å². The minimum atomic E-state index is -0.529. The first kappa shape index (κ1) is 15.6. The Labute approximate surface area is 123 Å². The summed E-state index contributed by atoms with van der Waals surface area (Å²) in [4.78, 5) is 0. The Bertz CT molecular complexity index is 554. The summed E-state index contributed by atoms with van der Waals surface area (Å²) in [5.41, 5.74) is 1.05. The zero-order valence-electron chi connectivity index (χ0n) is 12.1. The fourth-order valence-corrected chi connectivity index (χ4v) is 2.48. The van der Waals surface area contributed by atoms with Gasteiger partial charge in [-0.2, -0.15) is 0 Å². The molecule has 0 aromatic heterocycles. The van der Waals surface area contributed by atoms with Gasteiger partial charge >= 0.3 is 0 Å². The van der Waals surface area contributed by atoms with Crippen molar-refractivity contribution < 1.29 is 13.5 Å². The van der Waals surface area contributed by atoms with Gasteiger partial charge in [-0.25, -0.2) is 8.78 Å². The lowest BCUT2D eigenvalue weighted by Crippen LogP contribution is -2.35. The van der Waals surface area contributed by atoms with Crippen LogP contribution < -0.4 is 5.32 Å². The van der Waals surface area contributed by atoms with Crippen molar-refractivity contribution in [1.29, 1.82) is 0 Å². The highest BCUT2D eigenvalue weighted by Crippen LogP contribution is 2.24. The first-order valence-corrected chi connectivity index (χ1v) is 6.85. The molecule has 0 aliphatic heterocycles. The summed E-state index contributed by atoms with van der Waals surface area (Å²) in [6, 6.07) is 13.3. The number of ether oxygens (including phenoxy) is 1. The second-order valence-electron chi connectivity index (χ2n) is 4.87. The van der Waals surface area contributed by atoms with Gasteiger partial charge in [-0.1, -0.05) is 36.4 Å². The van der Waals surface area contributed by atoms with E-state index in [1.165, 1.54) is 18.2 Å². The minimum absolute atomic E-state index is 0.0785. The predicted octanol–water partition coefficient (Wildman–Crippen LogP) is 3.48. The number of hydrogen-bond acceptors (Lipinski definition) is 2. The highest BCUT2D eigenvalue weighted by Gasteiger charge is 2.24. The molecule has 4 heteroatoms. The summed E-state index contributed by atoms with van der Waals surface area (Å²) in [5.74, 6) is -1.06. The van der Waals surface area contributed by atoms with Crippen molar-refractivity contribution in [1.82, 2.24) is 5.32 Å². The van der Waals surface area contributed by atoms with E-state index in [4.69, 9.17) is 4.74 Å². The van der Waals surface area contributed by atoms with Gasteiger partial charge in [0.1, 0.15) is 11.6 Å². The molecule has 2 nitrogen and oxygen atoms in total. The van der Waals surface area contributed by atoms with E-state index in [-0.39, 0.29) is 24.1 Å². The summed E-state index contributed by atoms with van der Waals surface area (Å²) < 4.78 is 33.2. The van der Waals surface area contributed by atoms with E-state index in [0.717, 1.165) is 5.56 Å². The number of halogens is 2. The zero-order valence-corrected chi connectivity index (χ0v) is 12.1. The molecule has 2 atom stereocenters. The van der Waals surface area contributed by atoms with E-state index in [0.29, 0.717) is 0 Å². The second kappa shape index (κ2) is 7.29. The molecule has 0 radical (unpaired) electrons. The van der Waals surface area contributed by atoms with Crippen molar-refractivity contribution in [2.75, 3.05) is 14.2 Å². The molecule has 0 fully saturated rings. The third-order valence-electron chi connectivity index (χ3n) is 3.60. The first-order chi connectivity index (χ1) is 10.2. The van der Waals surface area contributed by atoms with Crippen molar-refractivity contribution in [3.63, 3.8) is 0 Å². The lowest BCUT2D eigenvalue weighted by atomic mass is 9.95. The topological polar surface area (TPSA) is 21.3 Å². The average molecular weight is 291 g/mol. The Morgan fingerprint density at radius 1 is 1.00 bits per heavy atom. The van der Waals surface area contributed by atoms with Crippen molar-refractivity contribution >= 4 is 0 Å². The Morgan fingerprint density at radius 2 is 1.62 bits per heavy atom. The van der Waals surface area contributed by atoms with Crippen LogP contribution in [0.1, 0.15) is 17.2 Å². The van der Waals surface area contributed by atoms with E-state index < -0.39 is 11.6 Å². The molecule has 1 N–H and O–H groups in total. The SMILES string of the molecule is CNC(Cc1c(F)cccc1F)C(OC)c1ccccc1. The maximum Gasteiger partial charge on any atom is 0.129 e. The van der Waals surface area contributed by atoms with Crippen LogP contribution in [0, 0.1) is 11.6 Å². The third-order valence-corrected chi connectivity index (χ3v) is 3.60. The molecule has 2 rings (SSSR count). The normalized spacial score (nSPS) is 13.9. The summed E-state index contributed by atoms with van der Waals surface area (Å²) in [5, 5.41) is 3.10. The van der Waals surface area contributed by atoms with Crippen LogP contribution in [0.5, 0.6) is 0 Å². The molecule has 2 unspecified atom stereocenters. The van der Waals surface area contributed by atoms with Gasteiger partial charge in [0, 0.05) is 18.7 Å². The van der Waals surface area contributed by atoms with Crippen molar-refractivity contribution in [2.24, 2.45) is 0 Å². The molecule has 0 amide bonds. The molecule has 0 saturated heterocycles. The van der Waals surface area contributed by atoms with Crippen LogP contribution in [0.15, 0.2) is 48.5 Å². The molecular formula is C17H19F2NO. The van der Waals surface area contributed by atoms with Crippen LogP contribution in [0.4, 0.5) is 8.78 Å². The molecule has 0 aliphatic rings. The van der Waals surface area contributed by atoms with E-state index in [2.05, 4.69) is 5.32 Å². The number of methoxy groups -OCH3 is 1. The van der Waals surface area contributed by atoms with Gasteiger partial charge in [0.15, 0.2) is 0 Å². The van der Waals surface area contributed by atoms with E-state index in [1.807, 2.05) is 30.3 Å². The van der Waals surface area contributed by atoms with Gasteiger partial charge in [-0.05, 0) is 31.2 Å². The lowest BCUT2D eigenvalue weighted by Gasteiger charge is -2.26. The molecule has 0 bridgehead atoms. The maximum atomic E-state index is 13.8. The van der Waals surface area contributed by atoms with Gasteiger partial charge in [-0.3, -0.25) is 0 Å². The Hall–Kier alpha value is -1.78. The van der Waals surface area contributed by atoms with E-state index in [9.17, 15) is 8.78 Å². The summed E-state index contributed by atoms with van der Waals surface area (Å²) in [6.45, 7) is 0. The molecule has 0 saturated carbocycles. The highest BCUT2D eigenvalue weighted by molar-refractivity contribution is 5.24. The Morgan fingerprint density at radius 3 is 2.14 bits per heavy atom. The molecule has 0 aliphatic carbocycles. The van der Waals surface area contributed by atoms with E-state index >= 15 is 0 Å². The van der Waals surface area contributed by atoms with Gasteiger partial charge in [0.2, 0.25) is 0 Å². The standard InChI is InChI=1S/C17H19F2NO/c1-20-16(11-13-14(18)9-6-10-15(13)19)17(21-2)12-7-4-3-5-8-12/h3-10,16-17,20H,11H2,1-2H3. The number of rotatable bonds is 6. The monoisotopic (exact) mass is 291 g/mol. The maximum absolute atomic E-state index is 13.8. The fraction of sp³-hybridized carbons (Fsp3) is 0.294. The van der Waals surface area contributed by atoms with Crippen molar-refractivity contribution in [3.05, 3.63) is 71.3 Å². The van der Waals surface area contributed by atoms with Gasteiger partial charge in [0.05, 0.1) is 6.10 Å². The van der Waals surface area contributed by atoms with Crippen molar-refractivity contribution in [3.8, 4) is 0 Å². The zero-order chi connectivity index (χ0) is 15.2. The van der Waals surface area contributed by atoms with Crippen LogP contribution in [-0.2, 0) is 11.2 Å². The first-order valence-electron chi connectivity index (χ1n) is 6.85. The van der Waals surface area contributed by atoms with Crippen LogP contribution in [0.2, 0.25) is 0 Å². The van der Waals surface area contributed by atoms with Crippen LogP contribution in [0.3, 0.4) is 0 Å². The molecule has 0 heterocycles. The highest BCUT2D eigenvalue weighted by atomic mass is 19.1. The number of benzene rings is 2. The summed E-state index contributed by atoms with van der Waals surface area (Å²) in [6.07, 6.45) is -0.0715. The molecule has 2 aromatic carbocycles. The van der Waals surface area contributed by atoms with Crippen LogP contribution in [-0.4, -0.2) is 20.2 Å². The summed E-state index contributed by atoms with van der Waals surface area (Å²) >= 11 is 0. The number of nitrogens with one attached hydrogen (secondary N) is 1. The molecule has 21 heavy (non-hydrogen) atoms. The molecule has 112 valence electrons. The molecule has 0 spiro atoms.